The van der Waals surface area contributed by atoms with Crippen molar-refractivity contribution >= 4 is 0 Å². The predicted molar refractivity (Wildman–Crippen MR) is 52.2 cm³/mol. The zero-order valence-electron chi connectivity index (χ0n) is 7.83. The van der Waals surface area contributed by atoms with Gasteiger partial charge in [0.2, 0.25) is 0 Å². The molecule has 1 nitrogen and oxygen atoms in total. The molecule has 0 spiro atoms. The highest BCUT2D eigenvalue weighted by atomic mass is 16.6. The lowest BCUT2D eigenvalue weighted by atomic mass is 10.2. The Morgan fingerprint density at radius 1 is 1.33 bits per heavy atom. The molecule has 1 aliphatic heterocycles. The van der Waals surface area contributed by atoms with Gasteiger partial charge in [-0.05, 0) is 12.8 Å². The first-order valence-electron chi connectivity index (χ1n) is 4.88. The molecule has 0 amide bonds. The SMILES string of the molecule is CCCCC/C=C\C=C\C1CO1. The molecule has 1 heteroatoms. The average molecular weight is 166 g/mol. The molecule has 0 bridgehead atoms. The average Bonchev–Trinajstić information content (AvgIpc) is 2.87. The summed E-state index contributed by atoms with van der Waals surface area (Å²) in [6.07, 6.45) is 14.2. The van der Waals surface area contributed by atoms with E-state index >= 15 is 0 Å². The lowest BCUT2D eigenvalue weighted by Gasteiger charge is -1.89. The number of ether oxygens (including phenoxy) is 1. The van der Waals surface area contributed by atoms with Crippen molar-refractivity contribution in [3.63, 3.8) is 0 Å². The zero-order valence-corrected chi connectivity index (χ0v) is 7.83. The zero-order chi connectivity index (χ0) is 8.65. The van der Waals surface area contributed by atoms with Crippen LogP contribution >= 0.6 is 0 Å². The molecule has 0 aromatic carbocycles. The standard InChI is InChI=1S/C11H18O/c1-2-3-4-5-6-7-8-9-11-10-12-11/h6-9,11H,2-5,10H2,1H3/b7-6-,9-8+. The van der Waals surface area contributed by atoms with E-state index in [1.165, 1.54) is 25.7 Å². The van der Waals surface area contributed by atoms with Crippen LogP contribution in [-0.2, 0) is 4.74 Å². The number of allylic oxidation sites excluding steroid dienone is 3. The van der Waals surface area contributed by atoms with Crippen LogP contribution in [0.4, 0.5) is 0 Å². The third kappa shape index (κ3) is 5.14. The van der Waals surface area contributed by atoms with E-state index in [0.717, 1.165) is 6.61 Å². The Bertz CT molecular complexity index is 154. The van der Waals surface area contributed by atoms with Crippen LogP contribution in [0, 0.1) is 0 Å². The van der Waals surface area contributed by atoms with Gasteiger partial charge in [0.05, 0.1) is 12.7 Å². The summed E-state index contributed by atoms with van der Waals surface area (Å²) >= 11 is 0. The molecule has 0 N–H and O–H groups in total. The Hall–Kier alpha value is -0.560. The lowest BCUT2D eigenvalue weighted by Crippen LogP contribution is -1.72. The minimum absolute atomic E-state index is 0.422. The van der Waals surface area contributed by atoms with Gasteiger partial charge in [0.1, 0.15) is 0 Å². The fourth-order valence-corrected chi connectivity index (χ4v) is 1.04. The van der Waals surface area contributed by atoms with E-state index < -0.39 is 0 Å². The van der Waals surface area contributed by atoms with E-state index in [1.807, 2.05) is 0 Å². The normalized spacial score (nSPS) is 22.6. The molecule has 1 saturated heterocycles. The molecule has 0 aliphatic carbocycles. The van der Waals surface area contributed by atoms with Crippen LogP contribution < -0.4 is 0 Å². The van der Waals surface area contributed by atoms with Crippen molar-refractivity contribution in [1.29, 1.82) is 0 Å². The molecule has 68 valence electrons. The highest BCUT2D eigenvalue weighted by Gasteiger charge is 2.17. The molecule has 12 heavy (non-hydrogen) atoms. The van der Waals surface area contributed by atoms with Crippen LogP contribution in [0.25, 0.3) is 0 Å². The maximum absolute atomic E-state index is 5.03. The Balaban J connectivity index is 1.90. The maximum atomic E-state index is 5.03. The largest absolute Gasteiger partial charge is 0.369 e. The summed E-state index contributed by atoms with van der Waals surface area (Å²) in [6.45, 7) is 3.15. The summed E-state index contributed by atoms with van der Waals surface area (Å²) in [5.74, 6) is 0. The van der Waals surface area contributed by atoms with Crippen LogP contribution in [0.15, 0.2) is 24.3 Å². The fourth-order valence-electron chi connectivity index (χ4n) is 1.04. The topological polar surface area (TPSA) is 12.5 Å². The van der Waals surface area contributed by atoms with Crippen LogP contribution in [-0.4, -0.2) is 12.7 Å². The minimum Gasteiger partial charge on any atom is -0.369 e. The van der Waals surface area contributed by atoms with Crippen molar-refractivity contribution in [3.05, 3.63) is 24.3 Å². The van der Waals surface area contributed by atoms with E-state index in [4.69, 9.17) is 4.74 Å². The van der Waals surface area contributed by atoms with Crippen molar-refractivity contribution < 1.29 is 4.74 Å². The monoisotopic (exact) mass is 166 g/mol. The smallest absolute Gasteiger partial charge is 0.0994 e. The molecular formula is C11H18O. The Morgan fingerprint density at radius 2 is 2.17 bits per heavy atom. The van der Waals surface area contributed by atoms with E-state index in [9.17, 15) is 0 Å². The van der Waals surface area contributed by atoms with Crippen molar-refractivity contribution in [1.82, 2.24) is 0 Å². The second-order valence-electron chi connectivity index (χ2n) is 3.18. The van der Waals surface area contributed by atoms with E-state index in [1.54, 1.807) is 0 Å². The van der Waals surface area contributed by atoms with E-state index in [-0.39, 0.29) is 0 Å². The minimum atomic E-state index is 0.422. The summed E-state index contributed by atoms with van der Waals surface area (Å²) in [5.41, 5.74) is 0. The molecule has 1 aliphatic rings. The van der Waals surface area contributed by atoms with Gasteiger partial charge < -0.3 is 4.74 Å². The summed E-state index contributed by atoms with van der Waals surface area (Å²) in [5, 5.41) is 0. The Labute approximate surface area is 75.1 Å². The molecule has 1 rings (SSSR count). The first-order chi connectivity index (χ1) is 5.93. The third-order valence-electron chi connectivity index (χ3n) is 1.91. The van der Waals surface area contributed by atoms with Gasteiger partial charge in [0.15, 0.2) is 0 Å². The second-order valence-corrected chi connectivity index (χ2v) is 3.18. The molecule has 1 fully saturated rings. The van der Waals surface area contributed by atoms with E-state index in [0.29, 0.717) is 6.10 Å². The van der Waals surface area contributed by atoms with Gasteiger partial charge in [-0.1, -0.05) is 44.1 Å². The second kappa shape index (κ2) is 6.01. The van der Waals surface area contributed by atoms with Crippen LogP contribution in [0.2, 0.25) is 0 Å². The summed E-state index contributed by atoms with van der Waals surface area (Å²) in [4.78, 5) is 0. The number of rotatable bonds is 6. The molecule has 1 atom stereocenters. The summed E-state index contributed by atoms with van der Waals surface area (Å²) in [6, 6.07) is 0. The van der Waals surface area contributed by atoms with Crippen molar-refractivity contribution in [2.24, 2.45) is 0 Å². The van der Waals surface area contributed by atoms with Crippen LogP contribution in [0.1, 0.15) is 32.6 Å². The van der Waals surface area contributed by atoms with Crippen LogP contribution in [0.5, 0.6) is 0 Å². The van der Waals surface area contributed by atoms with Gasteiger partial charge in [-0.2, -0.15) is 0 Å². The van der Waals surface area contributed by atoms with Gasteiger partial charge >= 0.3 is 0 Å². The van der Waals surface area contributed by atoms with Gasteiger partial charge in [0, 0.05) is 0 Å². The highest BCUT2D eigenvalue weighted by molar-refractivity contribution is 5.07. The molecular weight excluding hydrogens is 148 g/mol. The van der Waals surface area contributed by atoms with Gasteiger partial charge in [-0.3, -0.25) is 0 Å². The third-order valence-corrected chi connectivity index (χ3v) is 1.91. The summed E-state index contributed by atoms with van der Waals surface area (Å²) < 4.78 is 5.03. The van der Waals surface area contributed by atoms with Crippen molar-refractivity contribution in [2.75, 3.05) is 6.61 Å². The molecule has 0 radical (unpaired) electrons. The number of hydrogen-bond acceptors (Lipinski definition) is 1. The fraction of sp³-hybridized carbons (Fsp3) is 0.636. The van der Waals surface area contributed by atoms with Gasteiger partial charge in [0.25, 0.3) is 0 Å². The Kier molecular flexibility index (Phi) is 4.77. The highest BCUT2D eigenvalue weighted by Crippen LogP contribution is 2.09. The van der Waals surface area contributed by atoms with Gasteiger partial charge in [-0.25, -0.2) is 0 Å². The molecule has 0 aromatic heterocycles. The first-order valence-corrected chi connectivity index (χ1v) is 4.88. The summed E-state index contributed by atoms with van der Waals surface area (Å²) in [7, 11) is 0. The van der Waals surface area contributed by atoms with Crippen molar-refractivity contribution in [2.45, 2.75) is 38.7 Å². The first kappa shape index (κ1) is 9.53. The van der Waals surface area contributed by atoms with Crippen LogP contribution in [0.3, 0.4) is 0 Å². The maximum Gasteiger partial charge on any atom is 0.0994 e. The predicted octanol–water partition coefficient (Wildman–Crippen LogP) is 3.08. The van der Waals surface area contributed by atoms with Crippen molar-refractivity contribution in [3.8, 4) is 0 Å². The van der Waals surface area contributed by atoms with Gasteiger partial charge in [-0.15, -0.1) is 0 Å². The quantitative estimate of drug-likeness (QED) is 0.335. The molecule has 1 heterocycles. The Morgan fingerprint density at radius 3 is 2.83 bits per heavy atom. The van der Waals surface area contributed by atoms with E-state index in [2.05, 4.69) is 31.2 Å². The molecule has 0 saturated carbocycles. The number of epoxide rings is 1. The molecule has 1 unspecified atom stereocenters. The molecule has 0 aromatic rings. The lowest BCUT2D eigenvalue weighted by molar-refractivity contribution is 0.440. The number of unbranched alkanes of at least 4 members (excludes halogenated alkanes) is 3. The number of hydrogen-bond donors (Lipinski definition) is 0.